The molecular weight excluding hydrogens is 362 g/mol. The first kappa shape index (κ1) is 17.5. The van der Waals surface area contributed by atoms with Gasteiger partial charge in [-0.15, -0.1) is 0 Å². The molecule has 0 spiro atoms. The van der Waals surface area contributed by atoms with E-state index in [4.69, 9.17) is 5.11 Å². The minimum atomic E-state index is -1.48. The molecule has 0 fully saturated rings. The summed E-state index contributed by atoms with van der Waals surface area (Å²) in [5, 5.41) is 20.9. The molecule has 0 aliphatic rings. The van der Waals surface area contributed by atoms with E-state index < -0.39 is 18.6 Å². The summed E-state index contributed by atoms with van der Waals surface area (Å²) < 4.78 is 2.79. The van der Waals surface area contributed by atoms with Crippen LogP contribution in [0.25, 0.3) is 21.6 Å². The molecule has 8 nitrogen and oxygen atoms in total. The highest BCUT2D eigenvalue weighted by molar-refractivity contribution is 7.81. The standard InChI is InChI=1S/C15H15N5O3S2/c1-7-11(20-24)4-8(5-16-7)9-2-3-10-14(17-9)25-15(18-10)19-13(23)12(22)6-21/h2-5,12,20-22,24H,6H2,1H3,(H,18,19,23)/t12-/m0/s1. The Balaban J connectivity index is 1.91. The van der Waals surface area contributed by atoms with Crippen LogP contribution in [-0.2, 0) is 4.79 Å². The van der Waals surface area contributed by atoms with Gasteiger partial charge in [-0.05, 0) is 25.1 Å². The van der Waals surface area contributed by atoms with Crippen molar-refractivity contribution in [2.24, 2.45) is 0 Å². The molecule has 0 bridgehead atoms. The van der Waals surface area contributed by atoms with E-state index >= 15 is 0 Å². The number of rotatable bonds is 5. The minimum Gasteiger partial charge on any atom is -0.393 e. The first-order chi connectivity index (χ1) is 12.0. The van der Waals surface area contributed by atoms with Gasteiger partial charge in [0.05, 0.1) is 23.7 Å². The third kappa shape index (κ3) is 3.71. The highest BCUT2D eigenvalue weighted by Gasteiger charge is 2.16. The molecule has 1 amide bonds. The Bertz CT molecular complexity index is 931. The van der Waals surface area contributed by atoms with Gasteiger partial charge in [-0.25, -0.2) is 9.97 Å². The number of anilines is 2. The smallest absolute Gasteiger partial charge is 0.257 e. The highest BCUT2D eigenvalue weighted by atomic mass is 32.1. The first-order valence-electron chi connectivity index (χ1n) is 7.26. The number of aliphatic hydroxyl groups is 2. The van der Waals surface area contributed by atoms with Gasteiger partial charge in [0.15, 0.2) is 11.2 Å². The van der Waals surface area contributed by atoms with Crippen molar-refractivity contribution in [2.45, 2.75) is 13.0 Å². The van der Waals surface area contributed by atoms with Crippen molar-refractivity contribution in [2.75, 3.05) is 16.6 Å². The van der Waals surface area contributed by atoms with Crippen LogP contribution < -0.4 is 10.0 Å². The van der Waals surface area contributed by atoms with E-state index in [-0.39, 0.29) is 0 Å². The Kier molecular flexibility index (Phi) is 5.13. The Morgan fingerprint density at radius 2 is 2.20 bits per heavy atom. The maximum Gasteiger partial charge on any atom is 0.257 e. The van der Waals surface area contributed by atoms with Gasteiger partial charge >= 0.3 is 0 Å². The lowest BCUT2D eigenvalue weighted by atomic mass is 10.1. The SMILES string of the molecule is Cc1ncc(-c2ccc3nc(NC(=O)[C@@H](O)CO)sc3n2)cc1NS. The van der Waals surface area contributed by atoms with E-state index in [1.807, 2.05) is 19.1 Å². The van der Waals surface area contributed by atoms with Crippen molar-refractivity contribution in [1.82, 2.24) is 15.0 Å². The molecule has 1 atom stereocenters. The van der Waals surface area contributed by atoms with Crippen LogP contribution in [0.2, 0.25) is 0 Å². The number of amides is 1. The summed E-state index contributed by atoms with van der Waals surface area (Å²) in [7, 11) is 0. The van der Waals surface area contributed by atoms with Gasteiger partial charge in [-0.3, -0.25) is 15.1 Å². The molecular formula is C15H15N5O3S2. The molecule has 0 unspecified atom stereocenters. The van der Waals surface area contributed by atoms with Crippen LogP contribution in [0.15, 0.2) is 24.4 Å². The third-order valence-corrected chi connectivity index (χ3v) is 4.59. The van der Waals surface area contributed by atoms with Crippen LogP contribution in [0, 0.1) is 6.92 Å². The van der Waals surface area contributed by atoms with Crippen molar-refractivity contribution < 1.29 is 15.0 Å². The topological polar surface area (TPSA) is 120 Å². The fraction of sp³-hybridized carbons (Fsp3) is 0.200. The summed E-state index contributed by atoms with van der Waals surface area (Å²) >= 11 is 5.24. The van der Waals surface area contributed by atoms with Crippen molar-refractivity contribution in [3.05, 3.63) is 30.1 Å². The van der Waals surface area contributed by atoms with E-state index in [0.29, 0.717) is 21.2 Å². The Morgan fingerprint density at radius 1 is 1.40 bits per heavy atom. The molecule has 4 N–H and O–H groups in total. The molecule has 3 aromatic rings. The number of pyridine rings is 2. The third-order valence-electron chi connectivity index (χ3n) is 3.46. The summed E-state index contributed by atoms with van der Waals surface area (Å²) in [6.45, 7) is 1.22. The van der Waals surface area contributed by atoms with Crippen molar-refractivity contribution in [1.29, 1.82) is 0 Å². The molecule has 130 valence electrons. The van der Waals surface area contributed by atoms with Crippen molar-refractivity contribution in [3.8, 4) is 11.3 Å². The Hall–Kier alpha value is -2.27. The van der Waals surface area contributed by atoms with E-state index in [1.165, 1.54) is 11.3 Å². The van der Waals surface area contributed by atoms with E-state index in [2.05, 4.69) is 37.8 Å². The van der Waals surface area contributed by atoms with Crippen LogP contribution >= 0.6 is 24.2 Å². The van der Waals surface area contributed by atoms with Gasteiger partial charge in [0, 0.05) is 11.8 Å². The molecule has 25 heavy (non-hydrogen) atoms. The molecule has 3 aromatic heterocycles. The number of thiol groups is 1. The largest absolute Gasteiger partial charge is 0.393 e. The number of carbonyl (C=O) groups excluding carboxylic acids is 1. The highest BCUT2D eigenvalue weighted by Crippen LogP contribution is 2.29. The molecule has 0 aliphatic heterocycles. The zero-order valence-corrected chi connectivity index (χ0v) is 14.8. The number of aryl methyl sites for hydroxylation is 1. The summed E-state index contributed by atoms with van der Waals surface area (Å²) in [6.07, 6.45) is 0.237. The van der Waals surface area contributed by atoms with Gasteiger partial charge in [0.2, 0.25) is 0 Å². The zero-order chi connectivity index (χ0) is 18.0. The lowest BCUT2D eigenvalue weighted by molar-refractivity contribution is -0.125. The first-order valence-corrected chi connectivity index (χ1v) is 8.52. The predicted octanol–water partition coefficient (Wildman–Crippen LogP) is 1.61. The molecule has 0 saturated heterocycles. The fourth-order valence-corrected chi connectivity index (χ4v) is 3.16. The maximum atomic E-state index is 11.6. The lowest BCUT2D eigenvalue weighted by Crippen LogP contribution is -2.30. The van der Waals surface area contributed by atoms with Gasteiger partial charge in [-0.1, -0.05) is 24.2 Å². The second-order valence-corrected chi connectivity index (χ2v) is 6.40. The number of nitrogens with one attached hydrogen (secondary N) is 2. The molecule has 0 aromatic carbocycles. The van der Waals surface area contributed by atoms with E-state index in [1.54, 1.807) is 12.3 Å². The fourth-order valence-electron chi connectivity index (χ4n) is 2.09. The number of hydrogen-bond acceptors (Lipinski definition) is 9. The van der Waals surface area contributed by atoms with Gasteiger partial charge in [-0.2, -0.15) is 0 Å². The second-order valence-electron chi connectivity index (χ2n) is 5.20. The Morgan fingerprint density at radius 3 is 2.92 bits per heavy atom. The summed E-state index contributed by atoms with van der Waals surface area (Å²) in [6, 6.07) is 5.50. The van der Waals surface area contributed by atoms with E-state index in [9.17, 15) is 9.90 Å². The summed E-state index contributed by atoms with van der Waals surface area (Å²) in [5.41, 5.74) is 3.76. The lowest BCUT2D eigenvalue weighted by Gasteiger charge is -2.06. The quantitative estimate of drug-likeness (QED) is 0.428. The molecule has 10 heteroatoms. The number of carbonyl (C=O) groups is 1. The molecule has 0 aliphatic carbocycles. The second kappa shape index (κ2) is 7.31. The van der Waals surface area contributed by atoms with Crippen molar-refractivity contribution >= 4 is 51.2 Å². The van der Waals surface area contributed by atoms with Crippen molar-refractivity contribution in [3.63, 3.8) is 0 Å². The van der Waals surface area contributed by atoms with E-state index in [0.717, 1.165) is 16.9 Å². The molecule has 3 rings (SSSR count). The average molecular weight is 377 g/mol. The average Bonchev–Trinajstić information content (AvgIpc) is 3.02. The van der Waals surface area contributed by atoms with Gasteiger partial charge in [0.1, 0.15) is 10.3 Å². The van der Waals surface area contributed by atoms with Crippen LogP contribution in [0.1, 0.15) is 5.69 Å². The van der Waals surface area contributed by atoms with Crippen LogP contribution in [-0.4, -0.2) is 43.8 Å². The Labute approximate surface area is 152 Å². The predicted molar refractivity (Wildman–Crippen MR) is 99.7 cm³/mol. The number of thiazole rings is 1. The van der Waals surface area contributed by atoms with Crippen LogP contribution in [0.3, 0.4) is 0 Å². The number of aromatic nitrogens is 3. The van der Waals surface area contributed by atoms with Gasteiger partial charge in [0.25, 0.3) is 5.91 Å². The number of aliphatic hydroxyl groups excluding tert-OH is 2. The molecule has 3 heterocycles. The summed E-state index contributed by atoms with van der Waals surface area (Å²) in [4.78, 5) is 25.3. The molecule has 0 radical (unpaired) electrons. The van der Waals surface area contributed by atoms with Crippen LogP contribution in [0.4, 0.5) is 10.8 Å². The van der Waals surface area contributed by atoms with Gasteiger partial charge < -0.3 is 14.9 Å². The maximum absolute atomic E-state index is 11.6. The summed E-state index contributed by atoms with van der Waals surface area (Å²) in [5.74, 6) is -0.714. The zero-order valence-electron chi connectivity index (χ0n) is 13.1. The minimum absolute atomic E-state index is 0.303. The van der Waals surface area contributed by atoms with Crippen LogP contribution in [0.5, 0.6) is 0 Å². The number of hydrogen-bond donors (Lipinski definition) is 5. The normalized spacial score (nSPS) is 12.2. The molecule has 0 saturated carbocycles. The number of fused-ring (bicyclic) bond motifs is 1. The number of nitrogens with zero attached hydrogens (tertiary/aromatic N) is 3. The monoisotopic (exact) mass is 377 g/mol.